The van der Waals surface area contributed by atoms with Gasteiger partial charge >= 0.3 is 0 Å². The number of carbonyl (C=O) groups is 1. The molecule has 2 aromatic rings. The number of aromatic nitrogens is 1. The van der Waals surface area contributed by atoms with E-state index in [1.165, 1.54) is 11.6 Å². The zero-order valence-corrected chi connectivity index (χ0v) is 16.0. The molecule has 7 heteroatoms. The highest BCUT2D eigenvalue weighted by Crippen LogP contribution is 2.48. The van der Waals surface area contributed by atoms with Gasteiger partial charge in [-0.2, -0.15) is 0 Å². The maximum atomic E-state index is 13.4. The van der Waals surface area contributed by atoms with Gasteiger partial charge in [-0.3, -0.25) is 14.5 Å². The number of fused-ring (bicyclic) bond motifs is 3. The summed E-state index contributed by atoms with van der Waals surface area (Å²) >= 11 is 0. The summed E-state index contributed by atoms with van der Waals surface area (Å²) in [6.45, 7) is 3.10. The van der Waals surface area contributed by atoms with Gasteiger partial charge in [0.15, 0.2) is 11.5 Å². The molecule has 1 amide bonds. The van der Waals surface area contributed by atoms with Gasteiger partial charge in [-0.1, -0.05) is 12.1 Å². The van der Waals surface area contributed by atoms with Crippen molar-refractivity contribution in [1.29, 1.82) is 0 Å². The van der Waals surface area contributed by atoms with Crippen molar-refractivity contribution in [2.75, 3.05) is 26.4 Å². The molecule has 6 heterocycles. The zero-order valence-electron chi connectivity index (χ0n) is 16.0. The van der Waals surface area contributed by atoms with Crippen LogP contribution in [0.1, 0.15) is 34.8 Å². The fraction of sp³-hybridized carbons (Fsp3) is 0.455. The molecule has 5 aliphatic heterocycles. The van der Waals surface area contributed by atoms with Crippen molar-refractivity contribution in [3.05, 3.63) is 58.0 Å². The predicted octanol–water partition coefficient (Wildman–Crippen LogP) is 1.81. The van der Waals surface area contributed by atoms with E-state index >= 15 is 0 Å². The molecule has 1 aromatic heterocycles. The number of ether oxygens (including phenoxy) is 2. The number of piperidine rings is 3. The Morgan fingerprint density at radius 2 is 1.86 bits per heavy atom. The molecule has 1 N–H and O–H groups in total. The van der Waals surface area contributed by atoms with E-state index in [1.807, 2.05) is 11.0 Å². The van der Waals surface area contributed by atoms with Gasteiger partial charge in [0.25, 0.3) is 5.91 Å². The number of nitrogens with zero attached hydrogens (tertiary/aromatic N) is 2. The number of nitrogens with one attached hydrogen (secondary N) is 1. The van der Waals surface area contributed by atoms with Gasteiger partial charge in [-0.15, -0.1) is 0 Å². The van der Waals surface area contributed by atoms with Crippen molar-refractivity contribution >= 4 is 5.91 Å². The highest BCUT2D eigenvalue weighted by atomic mass is 16.7. The first-order chi connectivity index (χ1) is 14.2. The van der Waals surface area contributed by atoms with E-state index in [-0.39, 0.29) is 30.2 Å². The first kappa shape index (κ1) is 17.1. The number of likely N-dealkylation sites (tertiary alicyclic amines) is 1. The molecule has 4 saturated heterocycles. The lowest BCUT2D eigenvalue weighted by atomic mass is 9.75. The average Bonchev–Trinajstić information content (AvgIpc) is 3.39. The van der Waals surface area contributed by atoms with Gasteiger partial charge in [0.2, 0.25) is 12.4 Å². The second-order valence-corrected chi connectivity index (χ2v) is 8.46. The van der Waals surface area contributed by atoms with Crippen LogP contribution in [0.3, 0.4) is 0 Å². The van der Waals surface area contributed by atoms with Gasteiger partial charge in [0, 0.05) is 24.6 Å². The Hall–Kier alpha value is -2.80. The molecule has 4 fully saturated rings. The van der Waals surface area contributed by atoms with Gasteiger partial charge in [-0.25, -0.2) is 0 Å². The number of pyridine rings is 1. The third-order valence-electron chi connectivity index (χ3n) is 7.08. The monoisotopic (exact) mass is 393 g/mol. The molecular weight excluding hydrogens is 370 g/mol. The fourth-order valence-electron chi connectivity index (χ4n) is 5.82. The van der Waals surface area contributed by atoms with Crippen LogP contribution in [-0.2, 0) is 0 Å². The van der Waals surface area contributed by atoms with Crippen LogP contribution in [0.5, 0.6) is 11.5 Å². The Morgan fingerprint density at radius 1 is 1.03 bits per heavy atom. The molecule has 1 aromatic carbocycles. The van der Waals surface area contributed by atoms with Crippen molar-refractivity contribution in [2.45, 2.75) is 30.8 Å². The minimum atomic E-state index is -0.243. The van der Waals surface area contributed by atoms with E-state index in [0.717, 1.165) is 37.4 Å². The van der Waals surface area contributed by atoms with Crippen molar-refractivity contribution in [1.82, 2.24) is 14.8 Å². The molecule has 0 spiro atoms. The van der Waals surface area contributed by atoms with Crippen LogP contribution in [0, 0.1) is 5.92 Å². The van der Waals surface area contributed by atoms with E-state index < -0.39 is 0 Å². The van der Waals surface area contributed by atoms with E-state index in [0.29, 0.717) is 24.2 Å². The van der Waals surface area contributed by atoms with Gasteiger partial charge in [0.1, 0.15) is 5.69 Å². The Kier molecular flexibility index (Phi) is 3.74. The molecule has 150 valence electrons. The maximum absolute atomic E-state index is 13.4. The predicted molar refractivity (Wildman–Crippen MR) is 105 cm³/mol. The van der Waals surface area contributed by atoms with Crippen LogP contribution in [-0.4, -0.2) is 59.2 Å². The Balaban J connectivity index is 1.39. The van der Waals surface area contributed by atoms with Crippen LogP contribution < -0.4 is 15.0 Å². The normalized spacial score (nSPS) is 31.7. The summed E-state index contributed by atoms with van der Waals surface area (Å²) in [6, 6.07) is 11.4. The SMILES string of the molecule is O=C(c1cccc(=O)[nH]1)N1C[C@@H](c2ccc3c(c2)OCO3)[C@@H]2[C@H]1C1CCN2CC1. The molecular formula is C22H23N3O4. The third-order valence-corrected chi connectivity index (χ3v) is 7.08. The van der Waals surface area contributed by atoms with Crippen LogP contribution in [0.4, 0.5) is 0 Å². The lowest BCUT2D eigenvalue weighted by Gasteiger charge is -2.51. The molecule has 0 aliphatic carbocycles. The molecule has 7 rings (SSSR count). The summed E-state index contributed by atoms with van der Waals surface area (Å²) in [5.74, 6) is 2.23. The Labute approximate surface area is 168 Å². The summed E-state index contributed by atoms with van der Waals surface area (Å²) in [4.78, 5) is 32.4. The van der Waals surface area contributed by atoms with Crippen LogP contribution in [0.2, 0.25) is 0 Å². The number of carbonyl (C=O) groups excluding carboxylic acids is 1. The van der Waals surface area contributed by atoms with Crippen molar-refractivity contribution < 1.29 is 14.3 Å². The first-order valence-corrected chi connectivity index (χ1v) is 10.3. The standard InChI is InChI=1S/C22H23N3O4/c26-19-3-1-2-16(23-19)22(27)25-11-15(14-4-5-17-18(10-14)29-12-28-17)21-20(25)13-6-8-24(21)9-7-13/h1-5,10,13,15,20-21H,6-9,11-12H2,(H,23,26)/t15-,20+,21+/m0/s1. The second kappa shape index (κ2) is 6.35. The zero-order chi connectivity index (χ0) is 19.5. The minimum absolute atomic E-state index is 0.0744. The molecule has 0 radical (unpaired) electrons. The summed E-state index contributed by atoms with van der Waals surface area (Å²) < 4.78 is 11.1. The smallest absolute Gasteiger partial charge is 0.270 e. The summed E-state index contributed by atoms with van der Waals surface area (Å²) in [6.07, 6.45) is 2.26. The highest BCUT2D eigenvalue weighted by molar-refractivity contribution is 5.93. The van der Waals surface area contributed by atoms with E-state index in [2.05, 4.69) is 22.0 Å². The van der Waals surface area contributed by atoms with Crippen molar-refractivity contribution in [3.8, 4) is 11.5 Å². The topological polar surface area (TPSA) is 74.9 Å². The van der Waals surface area contributed by atoms with Crippen LogP contribution in [0.25, 0.3) is 0 Å². The largest absolute Gasteiger partial charge is 0.454 e. The summed E-state index contributed by atoms with van der Waals surface area (Å²) in [5, 5.41) is 0. The summed E-state index contributed by atoms with van der Waals surface area (Å²) in [5.41, 5.74) is 1.32. The number of rotatable bonds is 2. The number of aromatic amines is 1. The molecule has 0 saturated carbocycles. The molecule has 5 aliphatic rings. The van der Waals surface area contributed by atoms with Crippen LogP contribution in [0.15, 0.2) is 41.2 Å². The average molecular weight is 393 g/mol. The van der Waals surface area contributed by atoms with E-state index in [9.17, 15) is 9.59 Å². The van der Waals surface area contributed by atoms with Gasteiger partial charge in [0.05, 0.1) is 6.04 Å². The lowest BCUT2D eigenvalue weighted by Crippen LogP contribution is -2.60. The van der Waals surface area contributed by atoms with Crippen molar-refractivity contribution in [3.63, 3.8) is 0 Å². The second-order valence-electron chi connectivity index (χ2n) is 8.46. The van der Waals surface area contributed by atoms with Crippen molar-refractivity contribution in [2.24, 2.45) is 5.92 Å². The molecule has 0 unspecified atom stereocenters. The van der Waals surface area contributed by atoms with Gasteiger partial charge < -0.3 is 19.4 Å². The minimum Gasteiger partial charge on any atom is -0.454 e. The Morgan fingerprint density at radius 3 is 2.69 bits per heavy atom. The number of hydrogen-bond acceptors (Lipinski definition) is 5. The third kappa shape index (κ3) is 2.60. The van der Waals surface area contributed by atoms with Gasteiger partial charge in [-0.05, 0) is 55.6 Å². The quantitative estimate of drug-likeness (QED) is 0.842. The molecule has 3 atom stereocenters. The van der Waals surface area contributed by atoms with Crippen LogP contribution >= 0.6 is 0 Å². The van der Waals surface area contributed by atoms with E-state index in [1.54, 1.807) is 12.1 Å². The molecule has 29 heavy (non-hydrogen) atoms. The number of amides is 1. The summed E-state index contributed by atoms with van der Waals surface area (Å²) in [7, 11) is 0. The Bertz CT molecular complexity index is 1030. The fourth-order valence-corrected chi connectivity index (χ4v) is 5.82. The molecule has 7 nitrogen and oxygen atoms in total. The lowest BCUT2D eigenvalue weighted by molar-refractivity contribution is -0.00359. The maximum Gasteiger partial charge on any atom is 0.270 e. The highest BCUT2D eigenvalue weighted by Gasteiger charge is 2.54. The number of H-pyrrole nitrogens is 1. The molecule has 2 bridgehead atoms. The number of hydrogen-bond donors (Lipinski definition) is 1. The first-order valence-electron chi connectivity index (χ1n) is 10.3. The number of benzene rings is 1. The van der Waals surface area contributed by atoms with E-state index in [4.69, 9.17) is 9.47 Å².